The van der Waals surface area contributed by atoms with Crippen LogP contribution in [-0.4, -0.2) is 33.2 Å². The van der Waals surface area contributed by atoms with Gasteiger partial charge in [0, 0.05) is 18.1 Å². The molecule has 0 fully saturated rings. The number of anilines is 1. The number of nitrogens with one attached hydrogen (secondary N) is 1. The number of carbonyl (C=O) groups is 2. The molecule has 9 nitrogen and oxygen atoms in total. The maximum Gasteiger partial charge on any atom is 0.345 e. The Labute approximate surface area is 147 Å². The molecule has 2 aromatic rings. The van der Waals surface area contributed by atoms with Crippen molar-refractivity contribution in [3.63, 3.8) is 0 Å². The summed E-state index contributed by atoms with van der Waals surface area (Å²) < 4.78 is 6.46. The van der Waals surface area contributed by atoms with Crippen molar-refractivity contribution in [2.24, 2.45) is 7.05 Å². The first-order valence-electron chi connectivity index (χ1n) is 7.11. The van der Waals surface area contributed by atoms with Crippen LogP contribution in [-0.2, 0) is 16.6 Å². The molecule has 0 radical (unpaired) electrons. The summed E-state index contributed by atoms with van der Waals surface area (Å²) in [5, 5.41) is 17.9. The SMILES string of the molecule is Cc1nn(C)c(C)c1NC(=O)COC(=O)c1ccc(Cl)cc1[N+](=O)[O-]. The fourth-order valence-electron chi connectivity index (χ4n) is 2.17. The van der Waals surface area contributed by atoms with Crippen LogP contribution in [0.25, 0.3) is 0 Å². The first kappa shape index (κ1) is 18.4. The van der Waals surface area contributed by atoms with Crippen molar-refractivity contribution < 1.29 is 19.2 Å². The van der Waals surface area contributed by atoms with E-state index in [0.717, 1.165) is 11.8 Å². The minimum atomic E-state index is -0.988. The number of aryl methyl sites for hydroxylation is 2. The van der Waals surface area contributed by atoms with E-state index in [4.69, 9.17) is 16.3 Å². The van der Waals surface area contributed by atoms with Gasteiger partial charge in [0.15, 0.2) is 6.61 Å². The number of benzene rings is 1. The smallest absolute Gasteiger partial charge is 0.345 e. The van der Waals surface area contributed by atoms with E-state index in [0.29, 0.717) is 11.4 Å². The van der Waals surface area contributed by atoms with Gasteiger partial charge in [-0.15, -0.1) is 0 Å². The molecular formula is C15H15ClN4O5. The zero-order chi connectivity index (χ0) is 18.7. The van der Waals surface area contributed by atoms with Crippen molar-refractivity contribution in [2.75, 3.05) is 11.9 Å². The molecule has 132 valence electrons. The van der Waals surface area contributed by atoms with Crippen LogP contribution in [0.1, 0.15) is 21.7 Å². The van der Waals surface area contributed by atoms with Gasteiger partial charge in [-0.2, -0.15) is 5.10 Å². The highest BCUT2D eigenvalue weighted by Gasteiger charge is 2.23. The lowest BCUT2D eigenvalue weighted by atomic mass is 10.2. The Hall–Kier alpha value is -2.94. The molecule has 1 aromatic carbocycles. The average Bonchev–Trinajstić information content (AvgIpc) is 2.78. The molecule has 1 heterocycles. The van der Waals surface area contributed by atoms with Gasteiger partial charge < -0.3 is 10.1 Å². The molecular weight excluding hydrogens is 352 g/mol. The van der Waals surface area contributed by atoms with Gasteiger partial charge in [-0.05, 0) is 26.0 Å². The number of carbonyl (C=O) groups excluding carboxylic acids is 2. The van der Waals surface area contributed by atoms with Gasteiger partial charge in [-0.25, -0.2) is 4.79 Å². The van der Waals surface area contributed by atoms with Gasteiger partial charge in [-0.1, -0.05) is 11.6 Å². The number of hydrogen-bond acceptors (Lipinski definition) is 6. The van der Waals surface area contributed by atoms with Gasteiger partial charge in [0.1, 0.15) is 5.56 Å². The zero-order valence-electron chi connectivity index (χ0n) is 13.7. The normalized spacial score (nSPS) is 10.4. The quantitative estimate of drug-likeness (QED) is 0.493. The third-order valence-corrected chi connectivity index (χ3v) is 3.72. The number of nitro groups is 1. The summed E-state index contributed by atoms with van der Waals surface area (Å²) in [5.74, 6) is -1.57. The molecule has 0 atom stereocenters. The summed E-state index contributed by atoms with van der Waals surface area (Å²) in [6.07, 6.45) is 0. The van der Waals surface area contributed by atoms with Gasteiger partial charge >= 0.3 is 5.97 Å². The lowest BCUT2D eigenvalue weighted by Crippen LogP contribution is -2.22. The minimum absolute atomic E-state index is 0.114. The van der Waals surface area contributed by atoms with E-state index in [-0.39, 0.29) is 10.6 Å². The fraction of sp³-hybridized carbons (Fsp3) is 0.267. The van der Waals surface area contributed by atoms with E-state index in [1.54, 1.807) is 25.6 Å². The summed E-state index contributed by atoms with van der Waals surface area (Å²) in [5.41, 5.74) is 1.12. The second-order valence-electron chi connectivity index (χ2n) is 5.21. The molecule has 0 unspecified atom stereocenters. The Bertz CT molecular complexity index is 862. The number of amides is 1. The van der Waals surface area contributed by atoms with E-state index < -0.39 is 29.1 Å². The summed E-state index contributed by atoms with van der Waals surface area (Å²) in [6, 6.07) is 3.55. The van der Waals surface area contributed by atoms with Crippen LogP contribution in [0.15, 0.2) is 18.2 Å². The van der Waals surface area contributed by atoms with Crippen LogP contribution in [0.4, 0.5) is 11.4 Å². The van der Waals surface area contributed by atoms with Crippen molar-refractivity contribution in [2.45, 2.75) is 13.8 Å². The van der Waals surface area contributed by atoms with Crippen LogP contribution in [0.3, 0.4) is 0 Å². The number of hydrogen-bond donors (Lipinski definition) is 1. The molecule has 0 saturated heterocycles. The number of halogens is 1. The highest BCUT2D eigenvalue weighted by Crippen LogP contribution is 2.24. The van der Waals surface area contributed by atoms with Crippen molar-refractivity contribution in [1.82, 2.24) is 9.78 Å². The summed E-state index contributed by atoms with van der Waals surface area (Å²) in [4.78, 5) is 34.2. The van der Waals surface area contributed by atoms with Crippen LogP contribution in [0.2, 0.25) is 5.02 Å². The van der Waals surface area contributed by atoms with E-state index in [9.17, 15) is 19.7 Å². The molecule has 1 aromatic heterocycles. The summed E-state index contributed by atoms with van der Waals surface area (Å²) in [7, 11) is 1.73. The number of aromatic nitrogens is 2. The van der Waals surface area contributed by atoms with Gasteiger partial charge in [-0.3, -0.25) is 19.6 Å². The van der Waals surface area contributed by atoms with E-state index in [2.05, 4.69) is 10.4 Å². The number of esters is 1. The third kappa shape index (κ3) is 4.13. The van der Waals surface area contributed by atoms with Crippen molar-refractivity contribution in [1.29, 1.82) is 0 Å². The summed E-state index contributed by atoms with van der Waals surface area (Å²) in [6.45, 7) is 2.91. The molecule has 1 N–H and O–H groups in total. The molecule has 1 amide bonds. The number of ether oxygens (including phenoxy) is 1. The monoisotopic (exact) mass is 366 g/mol. The fourth-order valence-corrected chi connectivity index (χ4v) is 2.33. The Morgan fingerprint density at radius 2 is 2.08 bits per heavy atom. The topological polar surface area (TPSA) is 116 Å². The largest absolute Gasteiger partial charge is 0.452 e. The minimum Gasteiger partial charge on any atom is -0.452 e. The maximum absolute atomic E-state index is 12.0. The Morgan fingerprint density at radius 1 is 1.40 bits per heavy atom. The standard InChI is InChI=1S/C15H15ClN4O5/c1-8-14(9(2)19(3)18-8)17-13(21)7-25-15(22)11-5-4-10(16)6-12(11)20(23)24/h4-6H,7H2,1-3H3,(H,17,21). The van der Waals surface area contributed by atoms with Gasteiger partial charge in [0.05, 0.1) is 22.0 Å². The predicted octanol–water partition coefficient (Wildman–Crippen LogP) is 2.39. The molecule has 2 rings (SSSR count). The van der Waals surface area contributed by atoms with Crippen LogP contribution < -0.4 is 5.32 Å². The second kappa shape index (κ2) is 7.31. The molecule has 25 heavy (non-hydrogen) atoms. The Morgan fingerprint density at radius 3 is 2.64 bits per heavy atom. The molecule has 0 aliphatic heterocycles. The molecule has 0 bridgehead atoms. The predicted molar refractivity (Wildman–Crippen MR) is 89.7 cm³/mol. The van der Waals surface area contributed by atoms with Gasteiger partial charge in [0.25, 0.3) is 11.6 Å². The van der Waals surface area contributed by atoms with Crippen molar-refractivity contribution >= 4 is 34.9 Å². The summed E-state index contributed by atoms with van der Waals surface area (Å²) >= 11 is 5.69. The highest BCUT2D eigenvalue weighted by atomic mass is 35.5. The van der Waals surface area contributed by atoms with E-state index in [1.807, 2.05) is 0 Å². The van der Waals surface area contributed by atoms with E-state index in [1.165, 1.54) is 12.1 Å². The highest BCUT2D eigenvalue weighted by molar-refractivity contribution is 6.31. The molecule has 0 saturated carbocycles. The van der Waals surface area contributed by atoms with Crippen molar-refractivity contribution in [3.8, 4) is 0 Å². The number of nitro benzene ring substituents is 1. The number of nitrogens with zero attached hydrogens (tertiary/aromatic N) is 3. The molecule has 0 aliphatic rings. The van der Waals surface area contributed by atoms with E-state index >= 15 is 0 Å². The average molecular weight is 367 g/mol. The molecule has 10 heteroatoms. The molecule has 0 aliphatic carbocycles. The zero-order valence-corrected chi connectivity index (χ0v) is 14.5. The second-order valence-corrected chi connectivity index (χ2v) is 5.65. The van der Waals surface area contributed by atoms with Gasteiger partial charge in [0.2, 0.25) is 0 Å². The Balaban J connectivity index is 2.05. The number of rotatable bonds is 5. The maximum atomic E-state index is 12.0. The third-order valence-electron chi connectivity index (χ3n) is 3.48. The Kier molecular flexibility index (Phi) is 5.38. The van der Waals surface area contributed by atoms with Crippen LogP contribution >= 0.6 is 11.6 Å². The lowest BCUT2D eigenvalue weighted by molar-refractivity contribution is -0.385. The first-order chi connectivity index (χ1) is 11.7. The molecule has 0 spiro atoms. The van der Waals surface area contributed by atoms with Crippen LogP contribution in [0.5, 0.6) is 0 Å². The van der Waals surface area contributed by atoms with Crippen molar-refractivity contribution in [3.05, 3.63) is 50.3 Å². The van der Waals surface area contributed by atoms with Crippen LogP contribution in [0, 0.1) is 24.0 Å². The lowest BCUT2D eigenvalue weighted by Gasteiger charge is -2.07. The first-order valence-corrected chi connectivity index (χ1v) is 7.49.